The molecule has 0 atom stereocenters. The molecular weight excluding hydrogens is 217 g/mol. The van der Waals surface area contributed by atoms with Crippen molar-refractivity contribution >= 4 is 16.7 Å². The number of nitrogens with two attached hydrogens (primary N) is 1. The number of anilines is 1. The number of aromatic amines is 1. The van der Waals surface area contributed by atoms with Gasteiger partial charge in [-0.3, -0.25) is 0 Å². The molecule has 0 spiro atoms. The maximum Gasteiger partial charge on any atom is 0.137 e. The van der Waals surface area contributed by atoms with E-state index in [1.165, 1.54) is 12.1 Å². The van der Waals surface area contributed by atoms with Crippen molar-refractivity contribution in [2.45, 2.75) is 0 Å². The van der Waals surface area contributed by atoms with Gasteiger partial charge in [0.15, 0.2) is 0 Å². The van der Waals surface area contributed by atoms with E-state index in [1.54, 1.807) is 18.3 Å². The standard InChI is InChI=1S/C13H10FN3/c14-10-3-1-8(2-4-10)12-6-9-5-11(15)7-16-13(9)17-12/h1-7H,15H2,(H,16,17). The Morgan fingerprint density at radius 1 is 1.12 bits per heavy atom. The molecule has 3 aromatic rings. The minimum atomic E-state index is -0.243. The van der Waals surface area contributed by atoms with E-state index in [2.05, 4.69) is 9.97 Å². The highest BCUT2D eigenvalue weighted by Gasteiger charge is 2.04. The highest BCUT2D eigenvalue weighted by Crippen LogP contribution is 2.24. The minimum Gasteiger partial charge on any atom is -0.397 e. The van der Waals surface area contributed by atoms with E-state index < -0.39 is 0 Å². The average Bonchev–Trinajstić information content (AvgIpc) is 2.72. The number of aromatic nitrogens is 2. The van der Waals surface area contributed by atoms with Crippen LogP contribution in [0.2, 0.25) is 0 Å². The molecule has 0 saturated carbocycles. The fourth-order valence-corrected chi connectivity index (χ4v) is 1.82. The number of nitrogens with zero attached hydrogens (tertiary/aromatic N) is 1. The third-order valence-corrected chi connectivity index (χ3v) is 2.65. The number of hydrogen-bond acceptors (Lipinski definition) is 2. The molecule has 0 amide bonds. The summed E-state index contributed by atoms with van der Waals surface area (Å²) in [5.41, 5.74) is 8.89. The topological polar surface area (TPSA) is 54.7 Å². The van der Waals surface area contributed by atoms with Crippen LogP contribution in [0.5, 0.6) is 0 Å². The Balaban J connectivity index is 2.14. The van der Waals surface area contributed by atoms with E-state index in [-0.39, 0.29) is 5.82 Å². The van der Waals surface area contributed by atoms with Crippen LogP contribution in [0.25, 0.3) is 22.3 Å². The van der Waals surface area contributed by atoms with Gasteiger partial charge in [-0.1, -0.05) is 0 Å². The fourth-order valence-electron chi connectivity index (χ4n) is 1.82. The zero-order chi connectivity index (χ0) is 11.8. The molecule has 0 aliphatic heterocycles. The van der Waals surface area contributed by atoms with Gasteiger partial charge in [0.25, 0.3) is 0 Å². The summed E-state index contributed by atoms with van der Waals surface area (Å²) in [6, 6.07) is 10.1. The van der Waals surface area contributed by atoms with Crippen LogP contribution in [0.1, 0.15) is 0 Å². The summed E-state index contributed by atoms with van der Waals surface area (Å²) in [7, 11) is 0. The van der Waals surface area contributed by atoms with Crippen LogP contribution in [-0.4, -0.2) is 9.97 Å². The predicted octanol–water partition coefficient (Wildman–Crippen LogP) is 2.95. The molecule has 0 bridgehead atoms. The molecule has 2 aromatic heterocycles. The van der Waals surface area contributed by atoms with Crippen molar-refractivity contribution in [3.05, 3.63) is 48.4 Å². The first kappa shape index (κ1) is 9.84. The monoisotopic (exact) mass is 227 g/mol. The van der Waals surface area contributed by atoms with Gasteiger partial charge in [-0.05, 0) is 42.0 Å². The fraction of sp³-hybridized carbons (Fsp3) is 0. The van der Waals surface area contributed by atoms with Gasteiger partial charge in [0, 0.05) is 11.1 Å². The molecular formula is C13H10FN3. The van der Waals surface area contributed by atoms with E-state index >= 15 is 0 Å². The second-order valence-corrected chi connectivity index (χ2v) is 3.90. The number of fused-ring (bicyclic) bond motifs is 1. The zero-order valence-electron chi connectivity index (χ0n) is 8.94. The molecule has 0 fully saturated rings. The van der Waals surface area contributed by atoms with Crippen LogP contribution in [-0.2, 0) is 0 Å². The predicted molar refractivity (Wildman–Crippen MR) is 65.9 cm³/mol. The van der Waals surface area contributed by atoms with Crippen molar-refractivity contribution in [2.24, 2.45) is 0 Å². The summed E-state index contributed by atoms with van der Waals surface area (Å²) in [4.78, 5) is 7.36. The second-order valence-electron chi connectivity index (χ2n) is 3.90. The number of pyridine rings is 1. The van der Waals surface area contributed by atoms with E-state index in [0.717, 1.165) is 22.3 Å². The van der Waals surface area contributed by atoms with E-state index in [4.69, 9.17) is 5.73 Å². The molecule has 84 valence electrons. The molecule has 0 unspecified atom stereocenters. The Morgan fingerprint density at radius 3 is 2.65 bits per heavy atom. The summed E-state index contributed by atoms with van der Waals surface area (Å²) in [6.45, 7) is 0. The molecule has 0 aliphatic carbocycles. The minimum absolute atomic E-state index is 0.243. The number of benzene rings is 1. The van der Waals surface area contributed by atoms with Crippen LogP contribution < -0.4 is 5.73 Å². The maximum atomic E-state index is 12.8. The number of H-pyrrole nitrogens is 1. The molecule has 4 heteroatoms. The summed E-state index contributed by atoms with van der Waals surface area (Å²) < 4.78 is 12.8. The lowest BCUT2D eigenvalue weighted by molar-refractivity contribution is 0.628. The molecule has 1 aromatic carbocycles. The van der Waals surface area contributed by atoms with Gasteiger partial charge in [-0.2, -0.15) is 0 Å². The summed E-state index contributed by atoms with van der Waals surface area (Å²) in [5.74, 6) is -0.243. The molecule has 2 heterocycles. The first-order valence-electron chi connectivity index (χ1n) is 5.22. The molecule has 3 N–H and O–H groups in total. The normalized spacial score (nSPS) is 10.9. The Morgan fingerprint density at radius 2 is 1.88 bits per heavy atom. The average molecular weight is 227 g/mol. The maximum absolute atomic E-state index is 12.8. The van der Waals surface area contributed by atoms with Crippen LogP contribution >= 0.6 is 0 Å². The first-order valence-corrected chi connectivity index (χ1v) is 5.22. The smallest absolute Gasteiger partial charge is 0.137 e. The number of rotatable bonds is 1. The Kier molecular flexibility index (Phi) is 2.08. The molecule has 3 rings (SSSR count). The third kappa shape index (κ3) is 1.73. The summed E-state index contributed by atoms with van der Waals surface area (Å²) in [6.07, 6.45) is 1.60. The van der Waals surface area contributed by atoms with Gasteiger partial charge >= 0.3 is 0 Å². The van der Waals surface area contributed by atoms with Crippen LogP contribution in [0.15, 0.2) is 42.6 Å². The summed E-state index contributed by atoms with van der Waals surface area (Å²) >= 11 is 0. The SMILES string of the molecule is Nc1cnc2[nH]c(-c3ccc(F)cc3)cc2c1. The van der Waals surface area contributed by atoms with Crippen molar-refractivity contribution in [1.29, 1.82) is 0 Å². The van der Waals surface area contributed by atoms with Crippen molar-refractivity contribution in [2.75, 3.05) is 5.73 Å². The molecule has 3 nitrogen and oxygen atoms in total. The first-order chi connectivity index (χ1) is 8.22. The number of hydrogen-bond donors (Lipinski definition) is 2. The van der Waals surface area contributed by atoms with Crippen molar-refractivity contribution in [3.8, 4) is 11.3 Å². The van der Waals surface area contributed by atoms with E-state index in [1.807, 2.05) is 12.1 Å². The molecule has 0 radical (unpaired) electrons. The third-order valence-electron chi connectivity index (χ3n) is 2.65. The lowest BCUT2D eigenvalue weighted by Gasteiger charge is -1.96. The Bertz CT molecular complexity index is 671. The Hall–Kier alpha value is -2.36. The van der Waals surface area contributed by atoms with Crippen LogP contribution in [0, 0.1) is 5.82 Å². The van der Waals surface area contributed by atoms with Gasteiger partial charge in [0.2, 0.25) is 0 Å². The van der Waals surface area contributed by atoms with E-state index in [0.29, 0.717) is 5.69 Å². The van der Waals surface area contributed by atoms with Crippen molar-refractivity contribution in [3.63, 3.8) is 0 Å². The highest BCUT2D eigenvalue weighted by atomic mass is 19.1. The van der Waals surface area contributed by atoms with Gasteiger partial charge in [0.1, 0.15) is 11.5 Å². The largest absolute Gasteiger partial charge is 0.397 e. The number of nitrogens with one attached hydrogen (secondary N) is 1. The lowest BCUT2D eigenvalue weighted by atomic mass is 10.1. The number of nitrogen functional groups attached to an aromatic ring is 1. The molecule has 0 saturated heterocycles. The Labute approximate surface area is 97.1 Å². The van der Waals surface area contributed by atoms with Gasteiger partial charge in [-0.25, -0.2) is 9.37 Å². The van der Waals surface area contributed by atoms with E-state index in [9.17, 15) is 4.39 Å². The van der Waals surface area contributed by atoms with Crippen LogP contribution in [0.3, 0.4) is 0 Å². The van der Waals surface area contributed by atoms with Gasteiger partial charge in [0.05, 0.1) is 11.9 Å². The van der Waals surface area contributed by atoms with Gasteiger partial charge in [-0.15, -0.1) is 0 Å². The lowest BCUT2D eigenvalue weighted by Crippen LogP contribution is -1.85. The van der Waals surface area contributed by atoms with Crippen molar-refractivity contribution < 1.29 is 4.39 Å². The second kappa shape index (κ2) is 3.59. The highest BCUT2D eigenvalue weighted by molar-refractivity contribution is 5.84. The quantitative estimate of drug-likeness (QED) is 0.671. The van der Waals surface area contributed by atoms with Crippen LogP contribution in [0.4, 0.5) is 10.1 Å². The molecule has 17 heavy (non-hydrogen) atoms. The van der Waals surface area contributed by atoms with Crippen molar-refractivity contribution in [1.82, 2.24) is 9.97 Å². The summed E-state index contributed by atoms with van der Waals surface area (Å²) in [5, 5.41) is 0.948. The molecule has 0 aliphatic rings. The van der Waals surface area contributed by atoms with Gasteiger partial charge < -0.3 is 10.7 Å². The number of halogens is 1. The zero-order valence-corrected chi connectivity index (χ0v) is 8.94.